The van der Waals surface area contributed by atoms with E-state index >= 15 is 0 Å². The molecule has 0 radical (unpaired) electrons. The fourth-order valence-electron chi connectivity index (χ4n) is 5.74. The number of amides is 2. The van der Waals surface area contributed by atoms with Gasteiger partial charge in [-0.05, 0) is 36.2 Å². The Balaban J connectivity index is 0.935. The van der Waals surface area contributed by atoms with Gasteiger partial charge in [-0.25, -0.2) is 4.79 Å². The van der Waals surface area contributed by atoms with Crippen LogP contribution < -0.4 is 24.8 Å². The molecule has 314 valence electrons. The summed E-state index contributed by atoms with van der Waals surface area (Å²) in [5, 5.41) is 27.7. The van der Waals surface area contributed by atoms with Crippen LogP contribution in [0, 0.1) is 32.1 Å². The molecule has 60 heavy (non-hydrogen) atoms. The van der Waals surface area contributed by atoms with Crippen molar-refractivity contribution in [3.8, 4) is 29.1 Å². The SMILES string of the molecule is COc1cc(NC(=O)COCCOCCOCCNC(=O)OC2Cc3ccccc3C#Cc3ccccc32)c([N+](=O)[O-])cc1OCCCC(=O)Oc1ccc([N+](=O)[O-])cc1. The van der Waals surface area contributed by atoms with Crippen LogP contribution in [0.1, 0.15) is 41.2 Å². The van der Waals surface area contributed by atoms with E-state index in [-0.39, 0.29) is 87.7 Å². The van der Waals surface area contributed by atoms with Crippen LogP contribution in [-0.2, 0) is 35.0 Å². The van der Waals surface area contributed by atoms with Gasteiger partial charge in [0.2, 0.25) is 0 Å². The van der Waals surface area contributed by atoms with E-state index in [9.17, 15) is 34.6 Å². The number of rotatable bonds is 22. The van der Waals surface area contributed by atoms with Crippen LogP contribution in [0.5, 0.6) is 17.2 Å². The number of non-ortho nitro benzene ring substituents is 1. The minimum absolute atomic E-state index is 0.0109. The van der Waals surface area contributed by atoms with Crippen molar-refractivity contribution in [3.63, 3.8) is 0 Å². The van der Waals surface area contributed by atoms with Gasteiger partial charge in [0.15, 0.2) is 11.5 Å². The van der Waals surface area contributed by atoms with Crippen LogP contribution in [-0.4, -0.2) is 87.7 Å². The first-order valence-electron chi connectivity index (χ1n) is 18.7. The fraction of sp³-hybridized carbons (Fsp3) is 0.310. The van der Waals surface area contributed by atoms with Crippen LogP contribution in [0.15, 0.2) is 84.9 Å². The molecule has 2 N–H and O–H groups in total. The number of nitrogens with zero attached hydrogens (tertiary/aromatic N) is 2. The summed E-state index contributed by atoms with van der Waals surface area (Å²) in [4.78, 5) is 58.7. The number of hydrogen-bond donors (Lipinski definition) is 2. The van der Waals surface area contributed by atoms with Crippen molar-refractivity contribution in [2.75, 3.05) is 65.2 Å². The van der Waals surface area contributed by atoms with Gasteiger partial charge in [-0.3, -0.25) is 29.8 Å². The summed E-state index contributed by atoms with van der Waals surface area (Å²) in [6.07, 6.45) is -0.495. The Hall–Kier alpha value is -7.07. The number of esters is 1. The standard InChI is InChI=1S/C42H42N4O14/c1-54-38-26-35(36(46(52)53)27-39(38)58-19-6-11-41(48)59-33-16-14-32(15-17-33)45(50)51)44-40(47)28-57-24-23-56-22-21-55-20-18-43-42(49)60-37-25-31-9-3-2-7-29(31)12-13-30-8-4-5-10-34(30)37/h2-5,7-10,14-17,26-27,37H,6,11,18-25,28H2,1H3,(H,43,49)(H,44,47). The van der Waals surface area contributed by atoms with E-state index in [0.29, 0.717) is 6.42 Å². The number of ether oxygens (including phenoxy) is 7. The number of benzene rings is 4. The topological polar surface area (TPSA) is 226 Å². The van der Waals surface area contributed by atoms with Gasteiger partial charge in [0.25, 0.3) is 17.3 Å². The number of fused-ring (bicyclic) bond motifs is 2. The number of methoxy groups -OCH3 is 1. The van der Waals surface area contributed by atoms with Crippen molar-refractivity contribution in [2.24, 2.45) is 0 Å². The second-order valence-corrected chi connectivity index (χ2v) is 12.8. The average molecular weight is 827 g/mol. The monoisotopic (exact) mass is 826 g/mol. The molecule has 1 unspecified atom stereocenters. The molecule has 0 fully saturated rings. The predicted molar refractivity (Wildman–Crippen MR) is 214 cm³/mol. The summed E-state index contributed by atoms with van der Waals surface area (Å²) in [6, 6.07) is 22.7. The molecule has 18 heteroatoms. The van der Waals surface area contributed by atoms with Crippen molar-refractivity contribution in [1.82, 2.24) is 5.32 Å². The van der Waals surface area contributed by atoms with Gasteiger partial charge in [0.1, 0.15) is 24.1 Å². The predicted octanol–water partition coefficient (Wildman–Crippen LogP) is 5.69. The Labute approximate surface area is 344 Å². The Kier molecular flexibility index (Phi) is 16.7. The molecule has 0 bridgehead atoms. The first-order chi connectivity index (χ1) is 29.1. The van der Waals surface area contributed by atoms with Crippen molar-refractivity contribution in [3.05, 3.63) is 127 Å². The molecule has 4 aromatic rings. The van der Waals surface area contributed by atoms with Gasteiger partial charge >= 0.3 is 12.1 Å². The Morgan fingerprint density at radius 1 is 0.783 bits per heavy atom. The van der Waals surface area contributed by atoms with E-state index in [1.54, 1.807) is 0 Å². The quantitative estimate of drug-likeness (QED) is 0.0243. The highest BCUT2D eigenvalue weighted by molar-refractivity contribution is 5.94. The number of nitro benzene ring substituents is 2. The molecule has 1 atom stereocenters. The third-order valence-corrected chi connectivity index (χ3v) is 8.62. The summed E-state index contributed by atoms with van der Waals surface area (Å²) >= 11 is 0. The van der Waals surface area contributed by atoms with Crippen molar-refractivity contribution in [1.29, 1.82) is 0 Å². The molecular formula is C42H42N4O14. The highest BCUT2D eigenvalue weighted by atomic mass is 16.6. The summed E-state index contributed by atoms with van der Waals surface area (Å²) in [5.74, 6) is 5.37. The Bertz CT molecular complexity index is 2200. The lowest BCUT2D eigenvalue weighted by Crippen LogP contribution is -2.30. The number of nitrogens with one attached hydrogen (secondary N) is 2. The maximum Gasteiger partial charge on any atom is 0.407 e. The number of anilines is 1. The zero-order chi connectivity index (χ0) is 42.7. The van der Waals surface area contributed by atoms with Gasteiger partial charge in [-0.1, -0.05) is 48.2 Å². The molecule has 0 aromatic heterocycles. The van der Waals surface area contributed by atoms with Crippen LogP contribution in [0.3, 0.4) is 0 Å². The van der Waals surface area contributed by atoms with E-state index in [1.165, 1.54) is 37.4 Å². The molecule has 0 aliphatic heterocycles. The second-order valence-electron chi connectivity index (χ2n) is 12.8. The third kappa shape index (κ3) is 13.5. The van der Waals surface area contributed by atoms with Crippen molar-refractivity contribution < 1.29 is 57.4 Å². The van der Waals surface area contributed by atoms with Gasteiger partial charge in [0, 0.05) is 54.3 Å². The second kappa shape index (κ2) is 22.8. The molecule has 0 saturated carbocycles. The maximum absolute atomic E-state index is 12.7. The first kappa shape index (κ1) is 44.0. The molecule has 4 aromatic carbocycles. The lowest BCUT2D eigenvalue weighted by Gasteiger charge is -2.22. The largest absolute Gasteiger partial charge is 0.493 e. The van der Waals surface area contributed by atoms with Gasteiger partial charge in [0.05, 0.1) is 62.7 Å². The highest BCUT2D eigenvalue weighted by Gasteiger charge is 2.24. The normalized spacial score (nSPS) is 12.5. The van der Waals surface area contributed by atoms with Gasteiger partial charge in [-0.15, -0.1) is 0 Å². The first-order valence-corrected chi connectivity index (χ1v) is 18.7. The molecule has 0 heterocycles. The molecule has 1 aliphatic carbocycles. The lowest BCUT2D eigenvalue weighted by atomic mass is 9.92. The molecule has 1 aliphatic rings. The average Bonchev–Trinajstić information content (AvgIpc) is 3.23. The van der Waals surface area contributed by atoms with Crippen molar-refractivity contribution in [2.45, 2.75) is 25.4 Å². The summed E-state index contributed by atoms with van der Waals surface area (Å²) in [5.41, 5.74) is 2.78. The third-order valence-electron chi connectivity index (χ3n) is 8.62. The fourth-order valence-corrected chi connectivity index (χ4v) is 5.74. The van der Waals surface area contributed by atoms with E-state index in [2.05, 4.69) is 22.5 Å². The summed E-state index contributed by atoms with van der Waals surface area (Å²) < 4.78 is 38.2. The molecule has 5 rings (SSSR count). The smallest absolute Gasteiger partial charge is 0.407 e. The van der Waals surface area contributed by atoms with Gasteiger partial charge in [-0.2, -0.15) is 0 Å². The van der Waals surface area contributed by atoms with E-state index in [0.717, 1.165) is 28.3 Å². The Morgan fingerprint density at radius 3 is 2.20 bits per heavy atom. The molecule has 0 saturated heterocycles. The zero-order valence-electron chi connectivity index (χ0n) is 32.5. The number of nitro groups is 2. The van der Waals surface area contributed by atoms with E-state index < -0.39 is 46.2 Å². The molecule has 18 nitrogen and oxygen atoms in total. The maximum atomic E-state index is 12.7. The lowest BCUT2D eigenvalue weighted by molar-refractivity contribution is -0.384. The molecule has 0 spiro atoms. The van der Waals surface area contributed by atoms with Crippen molar-refractivity contribution >= 4 is 35.0 Å². The minimum atomic E-state index is -0.698. The zero-order valence-corrected chi connectivity index (χ0v) is 32.5. The number of carbonyl (C=O) groups excluding carboxylic acids is 3. The summed E-state index contributed by atoms with van der Waals surface area (Å²) in [6.45, 7) is 0.660. The van der Waals surface area contributed by atoms with Crippen LogP contribution in [0.25, 0.3) is 0 Å². The van der Waals surface area contributed by atoms with E-state index in [1.807, 2.05) is 48.5 Å². The number of carbonyl (C=O) groups is 3. The Morgan fingerprint density at radius 2 is 1.47 bits per heavy atom. The number of hydrogen-bond acceptors (Lipinski definition) is 14. The van der Waals surface area contributed by atoms with E-state index in [4.69, 9.17) is 33.2 Å². The van der Waals surface area contributed by atoms with Crippen LogP contribution in [0.2, 0.25) is 0 Å². The summed E-state index contributed by atoms with van der Waals surface area (Å²) in [7, 11) is 1.32. The van der Waals surface area contributed by atoms with Crippen LogP contribution in [0.4, 0.5) is 21.9 Å². The number of alkyl carbamates (subject to hydrolysis) is 1. The molecule has 2 amide bonds. The van der Waals surface area contributed by atoms with Gasteiger partial charge < -0.3 is 43.8 Å². The highest BCUT2D eigenvalue weighted by Crippen LogP contribution is 2.38. The minimum Gasteiger partial charge on any atom is -0.493 e. The molecular weight excluding hydrogens is 784 g/mol. The van der Waals surface area contributed by atoms with Crippen LogP contribution >= 0.6 is 0 Å².